The molecule has 1 aromatic heterocycles. The number of carboxylic acids is 1. The van der Waals surface area contributed by atoms with Crippen molar-refractivity contribution in [2.75, 3.05) is 7.05 Å². The molecule has 0 aliphatic heterocycles. The lowest BCUT2D eigenvalue weighted by Crippen LogP contribution is -2.39. The predicted molar refractivity (Wildman–Crippen MR) is 73.8 cm³/mol. The Morgan fingerprint density at radius 2 is 2.00 bits per heavy atom. The van der Waals surface area contributed by atoms with Gasteiger partial charge in [0.05, 0.1) is 5.56 Å². The zero-order valence-electron chi connectivity index (χ0n) is 12.0. The van der Waals surface area contributed by atoms with Crippen LogP contribution in [0.3, 0.4) is 0 Å². The van der Waals surface area contributed by atoms with Gasteiger partial charge in [0.1, 0.15) is 6.26 Å². The van der Waals surface area contributed by atoms with E-state index in [1.54, 1.807) is 11.9 Å². The van der Waals surface area contributed by atoms with Crippen LogP contribution in [0.25, 0.3) is 0 Å². The topological polar surface area (TPSA) is 70.8 Å². The predicted octanol–water partition coefficient (Wildman–Crippen LogP) is 3.02. The van der Waals surface area contributed by atoms with Gasteiger partial charge in [-0.15, -0.1) is 0 Å². The summed E-state index contributed by atoms with van der Waals surface area (Å²) in [5.41, 5.74) is 0.0106. The first-order valence-corrected chi connectivity index (χ1v) is 7.12. The van der Waals surface area contributed by atoms with E-state index in [1.165, 1.54) is 12.5 Å². The molecule has 1 amide bonds. The first-order chi connectivity index (χ1) is 9.52. The third kappa shape index (κ3) is 3.03. The molecule has 1 aromatic rings. The third-order valence-corrected chi connectivity index (χ3v) is 4.32. The van der Waals surface area contributed by atoms with Crippen LogP contribution in [-0.4, -0.2) is 35.0 Å². The van der Waals surface area contributed by atoms with Crippen LogP contribution in [0.15, 0.2) is 16.7 Å². The molecular formula is C15H21NO4. The van der Waals surface area contributed by atoms with Crippen molar-refractivity contribution in [3.05, 3.63) is 23.7 Å². The maximum atomic E-state index is 12.3. The molecule has 1 N–H and O–H groups in total. The molecule has 5 nitrogen and oxygen atoms in total. The molecule has 0 atom stereocenters. The average Bonchev–Trinajstić information content (AvgIpc) is 2.96. The normalized spacial score (nSPS) is 22.5. The fourth-order valence-electron chi connectivity index (χ4n) is 2.84. The smallest absolute Gasteiger partial charge is 0.338 e. The molecule has 0 aromatic carbocycles. The molecule has 5 heteroatoms. The monoisotopic (exact) mass is 279 g/mol. The van der Waals surface area contributed by atoms with Crippen LogP contribution in [0.5, 0.6) is 0 Å². The first-order valence-electron chi connectivity index (χ1n) is 7.12. The molecule has 0 bridgehead atoms. The van der Waals surface area contributed by atoms with E-state index in [1.807, 2.05) is 0 Å². The Morgan fingerprint density at radius 1 is 1.35 bits per heavy atom. The van der Waals surface area contributed by atoms with E-state index in [0.717, 1.165) is 37.9 Å². The van der Waals surface area contributed by atoms with Crippen molar-refractivity contribution in [3.63, 3.8) is 0 Å². The van der Waals surface area contributed by atoms with Gasteiger partial charge in [0.2, 0.25) is 0 Å². The van der Waals surface area contributed by atoms with Crippen LogP contribution in [0.4, 0.5) is 0 Å². The lowest BCUT2D eigenvalue weighted by atomic mass is 9.84. The van der Waals surface area contributed by atoms with Crippen LogP contribution in [0.2, 0.25) is 0 Å². The van der Waals surface area contributed by atoms with Crippen molar-refractivity contribution in [1.82, 2.24) is 4.90 Å². The minimum atomic E-state index is -1.08. The number of carbonyl (C=O) groups is 2. The van der Waals surface area contributed by atoms with Crippen molar-refractivity contribution in [1.29, 1.82) is 0 Å². The highest BCUT2D eigenvalue weighted by Crippen LogP contribution is 2.29. The zero-order valence-corrected chi connectivity index (χ0v) is 12.0. The van der Waals surface area contributed by atoms with E-state index >= 15 is 0 Å². The van der Waals surface area contributed by atoms with Crippen molar-refractivity contribution >= 4 is 11.9 Å². The van der Waals surface area contributed by atoms with Gasteiger partial charge in [-0.25, -0.2) is 4.79 Å². The lowest BCUT2D eigenvalue weighted by molar-refractivity contribution is 0.0641. The molecule has 1 saturated carbocycles. The molecule has 110 valence electrons. The highest BCUT2D eigenvalue weighted by Gasteiger charge is 2.28. The van der Waals surface area contributed by atoms with Gasteiger partial charge in [-0.2, -0.15) is 0 Å². The van der Waals surface area contributed by atoms with Gasteiger partial charge in [-0.1, -0.05) is 13.3 Å². The fourth-order valence-corrected chi connectivity index (χ4v) is 2.84. The van der Waals surface area contributed by atoms with E-state index in [2.05, 4.69) is 6.92 Å². The Bertz CT molecular complexity index is 486. The summed E-state index contributed by atoms with van der Waals surface area (Å²) in [6, 6.07) is 1.52. The molecule has 0 radical (unpaired) electrons. The number of aromatic carboxylic acids is 1. The number of carboxylic acid groups (broad SMARTS) is 1. The second kappa shape index (κ2) is 6.11. The molecule has 1 aliphatic carbocycles. The lowest BCUT2D eigenvalue weighted by Gasteiger charge is -2.34. The van der Waals surface area contributed by atoms with Crippen molar-refractivity contribution in [3.8, 4) is 0 Å². The summed E-state index contributed by atoms with van der Waals surface area (Å²) in [7, 11) is 1.77. The van der Waals surface area contributed by atoms with Crippen LogP contribution in [0, 0.1) is 5.92 Å². The fraction of sp³-hybridized carbons (Fsp3) is 0.600. The summed E-state index contributed by atoms with van der Waals surface area (Å²) in [6.45, 7) is 2.20. The maximum Gasteiger partial charge on any atom is 0.338 e. The van der Waals surface area contributed by atoms with Gasteiger partial charge in [0.25, 0.3) is 5.91 Å². The van der Waals surface area contributed by atoms with E-state index in [0.29, 0.717) is 0 Å². The number of carbonyl (C=O) groups excluding carboxylic acids is 1. The summed E-state index contributed by atoms with van der Waals surface area (Å²) in [5, 5.41) is 8.84. The van der Waals surface area contributed by atoms with Gasteiger partial charge < -0.3 is 14.4 Å². The Kier molecular flexibility index (Phi) is 4.47. The van der Waals surface area contributed by atoms with Crippen molar-refractivity contribution < 1.29 is 19.1 Å². The quantitative estimate of drug-likeness (QED) is 0.919. The van der Waals surface area contributed by atoms with Gasteiger partial charge >= 0.3 is 5.97 Å². The standard InChI is InChI=1S/C15H21NO4/c1-3-10-4-6-12(7-5-10)16(2)14(17)13-8-11(9-20-13)15(18)19/h8-10,12H,3-7H2,1-2H3,(H,18,19). The molecular weight excluding hydrogens is 258 g/mol. The molecule has 1 heterocycles. The van der Waals surface area contributed by atoms with E-state index in [-0.39, 0.29) is 23.3 Å². The number of hydrogen-bond acceptors (Lipinski definition) is 3. The molecule has 0 spiro atoms. The number of amides is 1. The third-order valence-electron chi connectivity index (χ3n) is 4.32. The molecule has 0 saturated heterocycles. The molecule has 20 heavy (non-hydrogen) atoms. The van der Waals surface area contributed by atoms with Crippen LogP contribution >= 0.6 is 0 Å². The summed E-state index contributed by atoms with van der Waals surface area (Å²) in [4.78, 5) is 24.8. The zero-order chi connectivity index (χ0) is 14.7. The summed E-state index contributed by atoms with van der Waals surface area (Å²) >= 11 is 0. The number of furan rings is 1. The van der Waals surface area contributed by atoms with Crippen molar-refractivity contribution in [2.45, 2.75) is 45.1 Å². The molecule has 1 fully saturated rings. The van der Waals surface area contributed by atoms with E-state index in [4.69, 9.17) is 9.52 Å². The van der Waals surface area contributed by atoms with Gasteiger partial charge in [0.15, 0.2) is 5.76 Å². The minimum Gasteiger partial charge on any atom is -0.478 e. The highest BCUT2D eigenvalue weighted by atomic mass is 16.4. The molecule has 2 rings (SSSR count). The highest BCUT2D eigenvalue weighted by molar-refractivity contribution is 5.95. The molecule has 0 unspecified atom stereocenters. The molecule has 1 aliphatic rings. The average molecular weight is 279 g/mol. The Hall–Kier alpha value is -1.78. The number of rotatable bonds is 4. The maximum absolute atomic E-state index is 12.3. The van der Waals surface area contributed by atoms with Crippen LogP contribution in [0.1, 0.15) is 59.9 Å². The number of hydrogen-bond donors (Lipinski definition) is 1. The summed E-state index contributed by atoms with van der Waals surface area (Å²) < 4.78 is 5.07. The van der Waals surface area contributed by atoms with E-state index < -0.39 is 5.97 Å². The van der Waals surface area contributed by atoms with Gasteiger partial charge in [-0.05, 0) is 31.6 Å². The Morgan fingerprint density at radius 3 is 2.50 bits per heavy atom. The van der Waals surface area contributed by atoms with E-state index in [9.17, 15) is 9.59 Å². The number of nitrogens with zero attached hydrogens (tertiary/aromatic N) is 1. The summed E-state index contributed by atoms with van der Waals surface area (Å²) in [6.07, 6.45) is 6.62. The first kappa shape index (κ1) is 14.6. The summed E-state index contributed by atoms with van der Waals surface area (Å²) in [5.74, 6) is -0.448. The van der Waals surface area contributed by atoms with Gasteiger partial charge in [-0.3, -0.25) is 4.79 Å². The van der Waals surface area contributed by atoms with Crippen LogP contribution < -0.4 is 0 Å². The van der Waals surface area contributed by atoms with Gasteiger partial charge in [0, 0.05) is 19.2 Å². The Labute approximate surface area is 118 Å². The second-order valence-corrected chi connectivity index (χ2v) is 5.50. The van der Waals surface area contributed by atoms with Crippen molar-refractivity contribution in [2.24, 2.45) is 5.92 Å². The largest absolute Gasteiger partial charge is 0.478 e. The second-order valence-electron chi connectivity index (χ2n) is 5.50. The van der Waals surface area contributed by atoms with Crippen LogP contribution in [-0.2, 0) is 0 Å². The Balaban J connectivity index is 1.99. The minimum absolute atomic E-state index is 0.0106. The SMILES string of the molecule is CCC1CCC(N(C)C(=O)c2cc(C(=O)O)co2)CC1.